The molecule has 0 amide bonds. The Morgan fingerprint density at radius 3 is 2.67 bits per heavy atom. The molecule has 0 spiro atoms. The van der Waals surface area contributed by atoms with Gasteiger partial charge in [-0.15, -0.1) is 0 Å². The lowest BCUT2D eigenvalue weighted by Gasteiger charge is -2.08. The van der Waals surface area contributed by atoms with E-state index in [2.05, 4.69) is 4.99 Å². The number of carboxylic acid groups (broad SMARTS) is 1. The van der Waals surface area contributed by atoms with Crippen LogP contribution < -0.4 is 0 Å². The van der Waals surface area contributed by atoms with Crippen molar-refractivity contribution in [1.29, 1.82) is 0 Å². The fourth-order valence-corrected chi connectivity index (χ4v) is 1.59. The Labute approximate surface area is 100 Å². The number of hydrogen-bond acceptors (Lipinski definition) is 2. The zero-order chi connectivity index (χ0) is 13.3. The number of carboxylic acids is 1. The highest BCUT2D eigenvalue weighted by Gasteiger charge is 2.31. The van der Waals surface area contributed by atoms with Gasteiger partial charge >= 0.3 is 12.1 Å². The molecule has 1 aliphatic rings. The van der Waals surface area contributed by atoms with Crippen molar-refractivity contribution in [2.45, 2.75) is 12.6 Å². The van der Waals surface area contributed by atoms with Gasteiger partial charge in [-0.3, -0.25) is 4.99 Å². The van der Waals surface area contributed by atoms with Gasteiger partial charge in [0.1, 0.15) is 0 Å². The summed E-state index contributed by atoms with van der Waals surface area (Å²) in [5, 5.41) is 8.86. The van der Waals surface area contributed by atoms with E-state index in [4.69, 9.17) is 5.11 Å². The van der Waals surface area contributed by atoms with Crippen molar-refractivity contribution in [2.24, 2.45) is 4.99 Å². The summed E-state index contributed by atoms with van der Waals surface area (Å²) in [5.41, 5.74) is -0.210. The average molecular weight is 255 g/mol. The van der Waals surface area contributed by atoms with Crippen molar-refractivity contribution in [1.82, 2.24) is 0 Å². The van der Waals surface area contributed by atoms with Crippen LogP contribution in [0.15, 0.2) is 28.8 Å². The molecular formula is C12H8F3NO2. The highest BCUT2D eigenvalue weighted by atomic mass is 19.4. The topological polar surface area (TPSA) is 49.7 Å². The number of carbonyl (C=O) groups is 1. The summed E-state index contributed by atoms with van der Waals surface area (Å²) in [6.45, 7) is 0. The molecule has 1 heterocycles. The van der Waals surface area contributed by atoms with E-state index in [-0.39, 0.29) is 17.7 Å². The first kappa shape index (κ1) is 12.3. The summed E-state index contributed by atoms with van der Waals surface area (Å²) in [6, 6.07) is 3.05. The van der Waals surface area contributed by atoms with E-state index >= 15 is 0 Å². The first-order valence-corrected chi connectivity index (χ1v) is 5.05. The van der Waals surface area contributed by atoms with E-state index < -0.39 is 17.7 Å². The molecule has 0 saturated carbocycles. The van der Waals surface area contributed by atoms with E-state index in [1.165, 1.54) is 18.4 Å². The van der Waals surface area contributed by atoms with Crippen molar-refractivity contribution < 1.29 is 23.1 Å². The second kappa shape index (κ2) is 4.29. The van der Waals surface area contributed by atoms with Crippen molar-refractivity contribution in [2.75, 3.05) is 0 Å². The number of fused-ring (bicyclic) bond motifs is 1. The van der Waals surface area contributed by atoms with Crippen LogP contribution in [0, 0.1) is 0 Å². The SMILES string of the molecule is O=C(O)C1=Cc2ccc(C(F)(F)F)cc2N=CC1. The number of hydrogen-bond donors (Lipinski definition) is 1. The van der Waals surface area contributed by atoms with Crippen LogP contribution in [-0.2, 0) is 11.0 Å². The number of rotatable bonds is 1. The molecule has 0 bridgehead atoms. The van der Waals surface area contributed by atoms with E-state index in [0.717, 1.165) is 12.1 Å². The molecule has 2 rings (SSSR count). The maximum atomic E-state index is 12.5. The maximum Gasteiger partial charge on any atom is 0.416 e. The highest BCUT2D eigenvalue weighted by Crippen LogP contribution is 2.34. The molecular weight excluding hydrogens is 247 g/mol. The predicted octanol–water partition coefficient (Wildman–Crippen LogP) is 3.28. The second-order valence-corrected chi connectivity index (χ2v) is 3.76. The average Bonchev–Trinajstić information content (AvgIpc) is 2.48. The third-order valence-electron chi connectivity index (χ3n) is 2.50. The van der Waals surface area contributed by atoms with Crippen LogP contribution in [0.1, 0.15) is 17.5 Å². The van der Waals surface area contributed by atoms with Crippen LogP contribution in [0.25, 0.3) is 6.08 Å². The number of halogens is 3. The Morgan fingerprint density at radius 1 is 1.33 bits per heavy atom. The Bertz CT molecular complexity index is 559. The smallest absolute Gasteiger partial charge is 0.416 e. The minimum Gasteiger partial charge on any atom is -0.478 e. The van der Waals surface area contributed by atoms with Gasteiger partial charge in [-0.05, 0) is 18.2 Å². The van der Waals surface area contributed by atoms with Gasteiger partial charge in [0.05, 0.1) is 11.3 Å². The zero-order valence-corrected chi connectivity index (χ0v) is 9.03. The van der Waals surface area contributed by atoms with Gasteiger partial charge in [-0.25, -0.2) is 4.79 Å². The molecule has 0 radical (unpaired) electrons. The lowest BCUT2D eigenvalue weighted by Crippen LogP contribution is -2.04. The van der Waals surface area contributed by atoms with Crippen molar-refractivity contribution in [3.8, 4) is 0 Å². The van der Waals surface area contributed by atoms with E-state index in [1.807, 2.05) is 0 Å². The van der Waals surface area contributed by atoms with Crippen molar-refractivity contribution in [3.05, 3.63) is 34.9 Å². The third-order valence-corrected chi connectivity index (χ3v) is 2.50. The lowest BCUT2D eigenvalue weighted by atomic mass is 10.1. The van der Waals surface area contributed by atoms with Crippen molar-refractivity contribution >= 4 is 23.9 Å². The van der Waals surface area contributed by atoms with Crippen LogP contribution in [0.3, 0.4) is 0 Å². The van der Waals surface area contributed by atoms with Gasteiger partial charge < -0.3 is 5.11 Å². The second-order valence-electron chi connectivity index (χ2n) is 3.76. The molecule has 0 unspecified atom stereocenters. The Hall–Kier alpha value is -2.11. The first-order valence-electron chi connectivity index (χ1n) is 5.05. The number of benzene rings is 1. The summed E-state index contributed by atoms with van der Waals surface area (Å²) in [4.78, 5) is 14.7. The maximum absolute atomic E-state index is 12.5. The molecule has 1 aromatic carbocycles. The molecule has 0 saturated heterocycles. The normalized spacial score (nSPS) is 14.7. The highest BCUT2D eigenvalue weighted by molar-refractivity contribution is 5.98. The van der Waals surface area contributed by atoms with Gasteiger partial charge in [-0.2, -0.15) is 13.2 Å². The zero-order valence-electron chi connectivity index (χ0n) is 9.03. The summed E-state index contributed by atoms with van der Waals surface area (Å²) in [6.07, 6.45) is -1.71. The van der Waals surface area contributed by atoms with Gasteiger partial charge in [0, 0.05) is 23.8 Å². The minimum atomic E-state index is -4.43. The quantitative estimate of drug-likeness (QED) is 0.837. The van der Waals surface area contributed by atoms with Gasteiger partial charge in [0.15, 0.2) is 0 Å². The van der Waals surface area contributed by atoms with Gasteiger partial charge in [-0.1, -0.05) is 6.07 Å². The number of alkyl halides is 3. The van der Waals surface area contributed by atoms with Crippen LogP contribution in [0.5, 0.6) is 0 Å². The molecule has 3 nitrogen and oxygen atoms in total. The van der Waals surface area contributed by atoms with E-state index in [9.17, 15) is 18.0 Å². The first-order chi connectivity index (χ1) is 8.38. The van der Waals surface area contributed by atoms with Crippen molar-refractivity contribution in [3.63, 3.8) is 0 Å². The summed E-state index contributed by atoms with van der Waals surface area (Å²) in [5.74, 6) is -1.10. The van der Waals surface area contributed by atoms with Crippen LogP contribution in [-0.4, -0.2) is 17.3 Å². The summed E-state index contributed by atoms with van der Waals surface area (Å²) < 4.78 is 37.5. The van der Waals surface area contributed by atoms with Crippen LogP contribution in [0.4, 0.5) is 18.9 Å². The molecule has 1 aliphatic heterocycles. The molecule has 0 aromatic heterocycles. The Kier molecular flexibility index (Phi) is 2.94. The largest absolute Gasteiger partial charge is 0.478 e. The Morgan fingerprint density at radius 2 is 2.06 bits per heavy atom. The standard InChI is InChI=1S/C12H8F3NO2/c13-12(14,15)9-2-1-7-5-8(11(17)18)3-4-16-10(7)6-9/h1-2,4-6H,3H2,(H,17,18). The molecule has 0 aliphatic carbocycles. The fraction of sp³-hybridized carbons (Fsp3) is 0.167. The number of aliphatic imine (C=N–C) groups is 1. The number of aliphatic carboxylic acids is 1. The molecule has 0 atom stereocenters. The molecule has 94 valence electrons. The molecule has 6 heteroatoms. The molecule has 1 N–H and O–H groups in total. The van der Waals surface area contributed by atoms with E-state index in [0.29, 0.717) is 5.56 Å². The lowest BCUT2D eigenvalue weighted by molar-refractivity contribution is -0.137. The number of nitrogens with zero attached hydrogens (tertiary/aromatic N) is 1. The fourth-order valence-electron chi connectivity index (χ4n) is 1.59. The molecule has 1 aromatic rings. The summed E-state index contributed by atoms with van der Waals surface area (Å²) >= 11 is 0. The van der Waals surface area contributed by atoms with Gasteiger partial charge in [0.25, 0.3) is 0 Å². The molecule has 18 heavy (non-hydrogen) atoms. The monoisotopic (exact) mass is 255 g/mol. The van der Waals surface area contributed by atoms with Crippen LogP contribution >= 0.6 is 0 Å². The van der Waals surface area contributed by atoms with Crippen LogP contribution in [0.2, 0.25) is 0 Å². The molecule has 0 fully saturated rings. The third kappa shape index (κ3) is 2.42. The van der Waals surface area contributed by atoms with E-state index in [1.54, 1.807) is 0 Å². The van der Waals surface area contributed by atoms with Gasteiger partial charge in [0.2, 0.25) is 0 Å². The predicted molar refractivity (Wildman–Crippen MR) is 59.8 cm³/mol. The summed E-state index contributed by atoms with van der Waals surface area (Å²) in [7, 11) is 0. The minimum absolute atomic E-state index is 0.0887. The Balaban J connectivity index is 2.51.